The molecule has 0 amide bonds. The minimum absolute atomic E-state index is 0.156. The number of rotatable bonds is 6. The molecule has 1 heterocycles. The topological polar surface area (TPSA) is 68.5 Å². The highest BCUT2D eigenvalue weighted by Crippen LogP contribution is 2.28. The van der Waals surface area contributed by atoms with Gasteiger partial charge in [0.1, 0.15) is 5.75 Å². The Labute approximate surface area is 123 Å². The van der Waals surface area contributed by atoms with E-state index in [4.69, 9.17) is 4.74 Å². The van der Waals surface area contributed by atoms with E-state index in [1.807, 2.05) is 36.1 Å². The summed E-state index contributed by atoms with van der Waals surface area (Å²) in [5.74, 6) is 1.13. The minimum Gasteiger partial charge on any atom is -0.497 e. The molecule has 6 heteroatoms. The number of anilines is 2. The minimum atomic E-state index is -0.487. The Morgan fingerprint density at radius 2 is 2.05 bits per heavy atom. The van der Waals surface area contributed by atoms with Crippen molar-refractivity contribution < 1.29 is 9.66 Å². The van der Waals surface area contributed by atoms with Gasteiger partial charge in [-0.05, 0) is 34.5 Å². The van der Waals surface area contributed by atoms with Gasteiger partial charge in [0, 0.05) is 30.4 Å². The first-order valence-electron chi connectivity index (χ1n) is 6.68. The predicted octanol–water partition coefficient (Wildman–Crippen LogP) is 3.55. The fraction of sp³-hybridized carbons (Fsp3) is 0.267. The fourth-order valence-electron chi connectivity index (χ4n) is 2.04. The quantitative estimate of drug-likeness (QED) is 0.600. The average molecular weight is 287 g/mol. The van der Waals surface area contributed by atoms with Crippen LogP contribution >= 0.6 is 0 Å². The SMILES string of the molecule is CCCN(c1cccc(OC)c1)c1cccc([N+](=O)[O-])n1. The largest absolute Gasteiger partial charge is 0.497 e. The van der Waals surface area contributed by atoms with Gasteiger partial charge in [-0.3, -0.25) is 0 Å². The van der Waals surface area contributed by atoms with Crippen molar-refractivity contribution in [2.24, 2.45) is 0 Å². The van der Waals surface area contributed by atoms with Gasteiger partial charge in [0.25, 0.3) is 0 Å². The van der Waals surface area contributed by atoms with Crippen molar-refractivity contribution >= 4 is 17.3 Å². The van der Waals surface area contributed by atoms with E-state index in [2.05, 4.69) is 4.98 Å². The number of ether oxygens (including phenoxy) is 1. The number of benzene rings is 1. The molecule has 0 N–H and O–H groups in total. The molecule has 2 rings (SSSR count). The summed E-state index contributed by atoms with van der Waals surface area (Å²) in [4.78, 5) is 16.4. The number of nitro groups is 1. The zero-order valence-corrected chi connectivity index (χ0v) is 12.0. The summed E-state index contributed by atoms with van der Waals surface area (Å²) in [6, 6.07) is 12.3. The molecule has 110 valence electrons. The van der Waals surface area contributed by atoms with Crippen LogP contribution in [0.25, 0.3) is 0 Å². The molecule has 0 bridgehead atoms. The smallest absolute Gasteiger partial charge is 0.365 e. The van der Waals surface area contributed by atoms with Crippen LogP contribution in [-0.4, -0.2) is 23.6 Å². The highest BCUT2D eigenvalue weighted by molar-refractivity contribution is 5.62. The molecule has 0 saturated heterocycles. The zero-order chi connectivity index (χ0) is 15.2. The summed E-state index contributed by atoms with van der Waals surface area (Å²) < 4.78 is 5.23. The molecule has 0 unspecified atom stereocenters. The lowest BCUT2D eigenvalue weighted by Crippen LogP contribution is -2.19. The van der Waals surface area contributed by atoms with Gasteiger partial charge in [-0.25, -0.2) is 0 Å². The van der Waals surface area contributed by atoms with Gasteiger partial charge >= 0.3 is 5.82 Å². The highest BCUT2D eigenvalue weighted by Gasteiger charge is 2.17. The van der Waals surface area contributed by atoms with E-state index in [0.717, 1.165) is 17.9 Å². The predicted molar refractivity (Wildman–Crippen MR) is 81.2 cm³/mol. The van der Waals surface area contributed by atoms with Crippen molar-refractivity contribution in [2.45, 2.75) is 13.3 Å². The second-order valence-electron chi connectivity index (χ2n) is 4.46. The molecule has 0 spiro atoms. The Morgan fingerprint density at radius 3 is 2.71 bits per heavy atom. The number of methoxy groups -OCH3 is 1. The second-order valence-corrected chi connectivity index (χ2v) is 4.46. The standard InChI is InChI=1S/C15H17N3O3/c1-3-10-17(12-6-4-7-13(11-12)21-2)14-8-5-9-15(16-14)18(19)20/h4-9,11H,3,10H2,1-2H3. The van der Waals surface area contributed by atoms with Crippen LogP contribution in [0.5, 0.6) is 5.75 Å². The maximum Gasteiger partial charge on any atom is 0.365 e. The lowest BCUT2D eigenvalue weighted by molar-refractivity contribution is -0.389. The first-order chi connectivity index (χ1) is 10.2. The van der Waals surface area contributed by atoms with Gasteiger partial charge in [-0.1, -0.05) is 13.0 Å². The molecular weight excluding hydrogens is 270 g/mol. The van der Waals surface area contributed by atoms with Crippen LogP contribution in [0.4, 0.5) is 17.3 Å². The summed E-state index contributed by atoms with van der Waals surface area (Å²) in [7, 11) is 1.61. The number of hydrogen-bond acceptors (Lipinski definition) is 5. The van der Waals surface area contributed by atoms with E-state index in [9.17, 15) is 10.1 Å². The van der Waals surface area contributed by atoms with Crippen LogP contribution in [0.3, 0.4) is 0 Å². The lowest BCUT2D eigenvalue weighted by Gasteiger charge is -2.21. The van der Waals surface area contributed by atoms with Gasteiger partial charge in [0.05, 0.1) is 7.11 Å². The Morgan fingerprint density at radius 1 is 1.29 bits per heavy atom. The lowest BCUT2D eigenvalue weighted by atomic mass is 10.2. The maximum absolute atomic E-state index is 10.9. The van der Waals surface area contributed by atoms with E-state index >= 15 is 0 Å². The van der Waals surface area contributed by atoms with Crippen molar-refractivity contribution in [3.8, 4) is 5.75 Å². The van der Waals surface area contributed by atoms with E-state index in [1.54, 1.807) is 19.2 Å². The van der Waals surface area contributed by atoms with Crippen molar-refractivity contribution in [1.82, 2.24) is 4.98 Å². The molecule has 1 aromatic carbocycles. The van der Waals surface area contributed by atoms with Crippen molar-refractivity contribution in [1.29, 1.82) is 0 Å². The van der Waals surface area contributed by atoms with Crippen LogP contribution in [-0.2, 0) is 0 Å². The summed E-state index contributed by atoms with van der Waals surface area (Å²) in [6.45, 7) is 2.76. The monoisotopic (exact) mass is 287 g/mol. The molecule has 0 fully saturated rings. The van der Waals surface area contributed by atoms with Gasteiger partial charge in [-0.2, -0.15) is 0 Å². The van der Waals surface area contributed by atoms with E-state index in [0.29, 0.717) is 12.4 Å². The Bertz CT molecular complexity index is 631. The van der Waals surface area contributed by atoms with Crippen molar-refractivity contribution in [2.75, 3.05) is 18.6 Å². The molecular formula is C15H17N3O3. The molecule has 0 aliphatic heterocycles. The second kappa shape index (κ2) is 6.69. The molecule has 2 aromatic rings. The van der Waals surface area contributed by atoms with Gasteiger partial charge in [0.2, 0.25) is 5.82 Å². The fourth-order valence-corrected chi connectivity index (χ4v) is 2.04. The van der Waals surface area contributed by atoms with Crippen LogP contribution in [0.1, 0.15) is 13.3 Å². The first-order valence-corrected chi connectivity index (χ1v) is 6.68. The maximum atomic E-state index is 10.9. The summed E-state index contributed by atoms with van der Waals surface area (Å²) in [6.07, 6.45) is 0.890. The van der Waals surface area contributed by atoms with E-state index in [-0.39, 0.29) is 5.82 Å². The van der Waals surface area contributed by atoms with Crippen molar-refractivity contribution in [3.63, 3.8) is 0 Å². The zero-order valence-electron chi connectivity index (χ0n) is 12.0. The van der Waals surface area contributed by atoms with Crippen LogP contribution in [0, 0.1) is 10.1 Å². The molecule has 0 atom stereocenters. The van der Waals surface area contributed by atoms with Crippen molar-refractivity contribution in [3.05, 3.63) is 52.6 Å². The molecule has 6 nitrogen and oxygen atoms in total. The normalized spacial score (nSPS) is 10.2. The average Bonchev–Trinajstić information content (AvgIpc) is 2.52. The van der Waals surface area contributed by atoms with Crippen LogP contribution in [0.15, 0.2) is 42.5 Å². The van der Waals surface area contributed by atoms with Gasteiger partial charge < -0.3 is 19.8 Å². The first kappa shape index (κ1) is 14.8. The molecule has 0 saturated carbocycles. The molecule has 0 aliphatic rings. The third-order valence-corrected chi connectivity index (χ3v) is 3.00. The Kier molecular flexibility index (Phi) is 4.71. The molecule has 1 aromatic heterocycles. The third-order valence-electron chi connectivity index (χ3n) is 3.00. The molecule has 0 aliphatic carbocycles. The Balaban J connectivity index is 2.42. The number of aromatic nitrogens is 1. The summed E-state index contributed by atoms with van der Waals surface area (Å²) >= 11 is 0. The van der Waals surface area contributed by atoms with E-state index in [1.165, 1.54) is 6.07 Å². The third kappa shape index (κ3) is 3.47. The van der Waals surface area contributed by atoms with Gasteiger partial charge in [-0.15, -0.1) is 0 Å². The Hall–Kier alpha value is -2.63. The number of nitrogens with zero attached hydrogens (tertiary/aromatic N) is 3. The van der Waals surface area contributed by atoms with Crippen LogP contribution in [0.2, 0.25) is 0 Å². The molecule has 0 radical (unpaired) electrons. The molecule has 21 heavy (non-hydrogen) atoms. The van der Waals surface area contributed by atoms with Crippen LogP contribution < -0.4 is 9.64 Å². The highest BCUT2D eigenvalue weighted by atomic mass is 16.6. The summed E-state index contributed by atoms with van der Waals surface area (Å²) in [5.41, 5.74) is 0.893. The van der Waals surface area contributed by atoms with E-state index < -0.39 is 4.92 Å². The summed E-state index contributed by atoms with van der Waals surface area (Å²) in [5, 5.41) is 10.9. The number of pyridine rings is 1. The van der Waals surface area contributed by atoms with Gasteiger partial charge in [0.15, 0.2) is 0 Å². The number of hydrogen-bond donors (Lipinski definition) is 0.